The average Bonchev–Trinajstić information content (AvgIpc) is 3.37. The molecule has 1 aromatic heterocycles. The van der Waals surface area contributed by atoms with E-state index in [1.807, 2.05) is 59.5 Å². The smallest absolute Gasteiger partial charge is 0.250 e. The van der Waals surface area contributed by atoms with E-state index in [0.717, 1.165) is 29.9 Å². The van der Waals surface area contributed by atoms with Crippen LogP contribution >= 0.6 is 0 Å². The second-order valence-electron chi connectivity index (χ2n) is 13.3. The highest BCUT2D eigenvalue weighted by atomic mass is 16.5. The molecule has 4 aromatic rings. The largest absolute Gasteiger partial charge is 0.497 e. The van der Waals surface area contributed by atoms with Gasteiger partial charge in [-0.2, -0.15) is 0 Å². The third-order valence-electron chi connectivity index (χ3n) is 10.3. The van der Waals surface area contributed by atoms with Crippen molar-refractivity contribution in [2.75, 3.05) is 32.6 Å². The van der Waals surface area contributed by atoms with Crippen molar-refractivity contribution in [3.8, 4) is 5.75 Å². The van der Waals surface area contributed by atoms with E-state index >= 15 is 0 Å². The van der Waals surface area contributed by atoms with E-state index in [9.17, 15) is 9.59 Å². The summed E-state index contributed by atoms with van der Waals surface area (Å²) in [5.74, 6) is 1.09. The van der Waals surface area contributed by atoms with Gasteiger partial charge >= 0.3 is 0 Å². The fourth-order valence-electron chi connectivity index (χ4n) is 7.47. The van der Waals surface area contributed by atoms with Gasteiger partial charge in [-0.15, -0.1) is 0 Å². The Kier molecular flexibility index (Phi) is 8.01. The summed E-state index contributed by atoms with van der Waals surface area (Å²) < 4.78 is 5.31. The molecule has 2 aliphatic rings. The number of carbonyl (C=O) groups excluding carboxylic acids is 2. The molecule has 230 valence electrons. The van der Waals surface area contributed by atoms with Crippen LogP contribution in [0.4, 0.5) is 5.69 Å². The molecule has 2 amide bonds. The molecular weight excluding hydrogens is 548 g/mol. The lowest BCUT2D eigenvalue weighted by molar-refractivity contribution is -0.150. The topological polar surface area (TPSA) is 77.7 Å². The lowest BCUT2D eigenvalue weighted by Gasteiger charge is -2.47. The molecule has 6 rings (SSSR count). The first-order chi connectivity index (χ1) is 21.1. The number of H-pyrrole nitrogens is 1. The van der Waals surface area contributed by atoms with Crippen LogP contribution < -0.4 is 10.1 Å². The Morgan fingerprint density at radius 3 is 2.32 bits per heavy atom. The minimum atomic E-state index is -0.968. The van der Waals surface area contributed by atoms with Gasteiger partial charge in [-0.05, 0) is 85.5 Å². The van der Waals surface area contributed by atoms with Gasteiger partial charge < -0.3 is 24.8 Å². The van der Waals surface area contributed by atoms with Gasteiger partial charge in [0.2, 0.25) is 11.8 Å². The van der Waals surface area contributed by atoms with Crippen molar-refractivity contribution in [2.24, 2.45) is 11.3 Å². The van der Waals surface area contributed by atoms with E-state index in [1.54, 1.807) is 7.11 Å². The second kappa shape index (κ2) is 11.8. The number of nitrogens with one attached hydrogen (secondary N) is 2. The summed E-state index contributed by atoms with van der Waals surface area (Å²) in [4.78, 5) is 36.8. The second-order valence-corrected chi connectivity index (χ2v) is 13.3. The van der Waals surface area contributed by atoms with Crippen LogP contribution in [0.1, 0.15) is 55.8 Å². The summed E-state index contributed by atoms with van der Waals surface area (Å²) >= 11 is 0. The lowest BCUT2D eigenvalue weighted by Crippen LogP contribution is -2.62. The van der Waals surface area contributed by atoms with Crippen LogP contribution in [0.25, 0.3) is 10.9 Å². The molecule has 1 aliphatic carbocycles. The van der Waals surface area contributed by atoms with E-state index in [4.69, 9.17) is 4.74 Å². The fourth-order valence-corrected chi connectivity index (χ4v) is 7.47. The Balaban J connectivity index is 1.33. The molecule has 7 nitrogen and oxygen atoms in total. The number of hydrogen-bond acceptors (Lipinski definition) is 4. The van der Waals surface area contributed by atoms with Gasteiger partial charge in [-0.3, -0.25) is 9.59 Å². The van der Waals surface area contributed by atoms with Crippen molar-refractivity contribution in [2.45, 2.75) is 58.0 Å². The molecule has 2 N–H and O–H groups in total. The number of fused-ring (bicyclic) bond motifs is 1. The van der Waals surface area contributed by atoms with Gasteiger partial charge in [0.05, 0.1) is 7.11 Å². The Bertz CT molecular complexity index is 1630. The summed E-state index contributed by atoms with van der Waals surface area (Å²) in [7, 11) is 3.70. The molecule has 0 unspecified atom stereocenters. The number of benzene rings is 3. The van der Waals surface area contributed by atoms with Gasteiger partial charge in [0.25, 0.3) is 0 Å². The summed E-state index contributed by atoms with van der Waals surface area (Å²) in [6.07, 6.45) is 1.54. The van der Waals surface area contributed by atoms with E-state index in [1.165, 1.54) is 16.6 Å². The van der Waals surface area contributed by atoms with Gasteiger partial charge in [-0.25, -0.2) is 0 Å². The molecule has 0 spiro atoms. The number of para-hydroxylation sites is 1. The van der Waals surface area contributed by atoms with Crippen molar-refractivity contribution >= 4 is 28.4 Å². The molecule has 44 heavy (non-hydrogen) atoms. The minimum absolute atomic E-state index is 0.0326. The summed E-state index contributed by atoms with van der Waals surface area (Å²) in [5.41, 5.74) is 4.35. The summed E-state index contributed by atoms with van der Waals surface area (Å²) in [6, 6.07) is 25.9. The first-order valence-electron chi connectivity index (χ1n) is 15.7. The molecule has 1 saturated carbocycles. The van der Waals surface area contributed by atoms with E-state index in [2.05, 4.69) is 67.3 Å². The van der Waals surface area contributed by atoms with Crippen LogP contribution in [0.15, 0.2) is 78.9 Å². The van der Waals surface area contributed by atoms with Crippen LogP contribution in [0.5, 0.6) is 5.75 Å². The number of methoxy groups -OCH3 is 1. The highest BCUT2D eigenvalue weighted by Gasteiger charge is 2.60. The van der Waals surface area contributed by atoms with Gasteiger partial charge in [-0.1, -0.05) is 62.4 Å². The number of hydrogen-bond donors (Lipinski definition) is 2. The quantitative estimate of drug-likeness (QED) is 0.226. The van der Waals surface area contributed by atoms with E-state index in [0.29, 0.717) is 31.5 Å². The summed E-state index contributed by atoms with van der Waals surface area (Å²) in [6.45, 7) is 8.56. The fraction of sp³-hybridized carbons (Fsp3) is 0.405. The maximum Gasteiger partial charge on any atom is 0.250 e. The van der Waals surface area contributed by atoms with Gasteiger partial charge in [0, 0.05) is 48.3 Å². The molecule has 2 atom stereocenters. The standard InChI is InChI=1S/C37H44N4O3/c1-25-33(29-13-9-10-14-31(29)38-25)34-30(36(34,2)3)23-32(42)41(24-26-11-7-6-8-12-26)37(19-21-40(4)22-20-37)35(43)39-27-15-17-28(44-5)18-16-27/h6-18,30,34,38H,19-24H2,1-5H3,(H,39,43)/t30-,34+/m1/s1. The van der Waals surface area contributed by atoms with Crippen molar-refractivity contribution in [1.82, 2.24) is 14.8 Å². The first kappa shape index (κ1) is 29.9. The molecule has 0 radical (unpaired) electrons. The van der Waals surface area contributed by atoms with E-state index < -0.39 is 5.54 Å². The average molecular weight is 593 g/mol. The van der Waals surface area contributed by atoms with Crippen LogP contribution in [0.2, 0.25) is 0 Å². The predicted molar refractivity (Wildman–Crippen MR) is 176 cm³/mol. The monoisotopic (exact) mass is 592 g/mol. The molecule has 1 aliphatic heterocycles. The number of aromatic nitrogens is 1. The zero-order valence-electron chi connectivity index (χ0n) is 26.5. The Hall–Kier alpha value is -4.10. The molecule has 1 saturated heterocycles. The molecule has 0 bridgehead atoms. The number of ether oxygens (including phenoxy) is 1. The Labute approximate surface area is 260 Å². The molecular formula is C37H44N4O3. The molecule has 7 heteroatoms. The number of amides is 2. The molecule has 3 aromatic carbocycles. The third-order valence-corrected chi connectivity index (χ3v) is 10.3. The maximum atomic E-state index is 14.7. The highest BCUT2D eigenvalue weighted by molar-refractivity contribution is 6.01. The number of likely N-dealkylation sites (tertiary alicyclic amines) is 1. The molecule has 2 heterocycles. The van der Waals surface area contributed by atoms with Crippen LogP contribution in [0, 0.1) is 18.3 Å². The van der Waals surface area contributed by atoms with Crippen LogP contribution in [-0.2, 0) is 16.1 Å². The highest BCUT2D eigenvalue weighted by Crippen LogP contribution is 2.67. The Morgan fingerprint density at radius 2 is 1.64 bits per heavy atom. The lowest BCUT2D eigenvalue weighted by atomic mass is 9.83. The van der Waals surface area contributed by atoms with Crippen molar-refractivity contribution in [3.63, 3.8) is 0 Å². The van der Waals surface area contributed by atoms with Crippen LogP contribution in [0.3, 0.4) is 0 Å². The minimum Gasteiger partial charge on any atom is -0.497 e. The number of carbonyl (C=O) groups is 2. The number of rotatable bonds is 9. The number of aromatic amines is 1. The van der Waals surface area contributed by atoms with Crippen LogP contribution in [-0.4, -0.2) is 59.4 Å². The van der Waals surface area contributed by atoms with Crippen molar-refractivity contribution < 1.29 is 14.3 Å². The first-order valence-corrected chi connectivity index (χ1v) is 15.7. The zero-order valence-corrected chi connectivity index (χ0v) is 26.5. The third kappa shape index (κ3) is 5.50. The number of nitrogens with zero attached hydrogens (tertiary/aromatic N) is 2. The predicted octanol–water partition coefficient (Wildman–Crippen LogP) is 6.75. The molecule has 2 fully saturated rings. The van der Waals surface area contributed by atoms with Crippen molar-refractivity contribution in [3.05, 3.63) is 95.7 Å². The summed E-state index contributed by atoms with van der Waals surface area (Å²) in [5, 5.41) is 4.41. The SMILES string of the molecule is COc1ccc(NC(=O)C2(N(Cc3ccccc3)C(=O)C[C@@H]3[C@@H](c4c(C)[nH]c5ccccc45)C3(C)C)CCN(C)CC2)cc1. The number of aryl methyl sites for hydroxylation is 1. The van der Waals surface area contributed by atoms with Crippen molar-refractivity contribution in [1.29, 1.82) is 0 Å². The Morgan fingerprint density at radius 1 is 0.977 bits per heavy atom. The van der Waals surface area contributed by atoms with E-state index in [-0.39, 0.29) is 29.1 Å². The zero-order chi connectivity index (χ0) is 31.1. The van der Waals surface area contributed by atoms with Gasteiger partial charge in [0.15, 0.2) is 0 Å². The maximum absolute atomic E-state index is 14.7. The number of piperidine rings is 1. The normalized spacial score (nSPS) is 20.7. The van der Waals surface area contributed by atoms with Gasteiger partial charge in [0.1, 0.15) is 11.3 Å². The number of anilines is 1.